The van der Waals surface area contributed by atoms with Crippen molar-refractivity contribution >= 4 is 46.9 Å². The van der Waals surface area contributed by atoms with E-state index in [4.69, 9.17) is 27.9 Å². The second-order valence-electron chi connectivity index (χ2n) is 14.0. The number of piperazine rings is 1. The molecule has 49 heavy (non-hydrogen) atoms. The van der Waals surface area contributed by atoms with Crippen molar-refractivity contribution in [2.45, 2.75) is 83.0 Å². The molecular formula is C37H50Cl2N6O4. The molecule has 3 fully saturated rings. The van der Waals surface area contributed by atoms with Crippen molar-refractivity contribution in [1.29, 1.82) is 0 Å². The topological polar surface area (TPSA) is 88.7 Å². The van der Waals surface area contributed by atoms with Crippen molar-refractivity contribution in [1.82, 2.24) is 24.5 Å². The van der Waals surface area contributed by atoms with E-state index in [1.807, 2.05) is 40.1 Å². The molecule has 3 saturated heterocycles. The molecule has 4 aliphatic rings. The van der Waals surface area contributed by atoms with Gasteiger partial charge in [0.2, 0.25) is 0 Å². The van der Waals surface area contributed by atoms with Gasteiger partial charge in [-0.05, 0) is 87.9 Å². The summed E-state index contributed by atoms with van der Waals surface area (Å²) in [5.74, 6) is -0.179. The Bertz CT molecular complexity index is 1470. The molecule has 4 amide bonds. The van der Waals surface area contributed by atoms with Crippen molar-refractivity contribution < 1.29 is 19.1 Å². The molecule has 0 saturated carbocycles. The minimum Gasteiger partial charge on any atom is -0.436 e. The first-order valence-electron chi connectivity index (χ1n) is 18.0. The Labute approximate surface area is 300 Å². The van der Waals surface area contributed by atoms with Crippen molar-refractivity contribution in [3.63, 3.8) is 0 Å². The Morgan fingerprint density at radius 1 is 0.857 bits per heavy atom. The summed E-state index contributed by atoms with van der Waals surface area (Å²) >= 11 is 12.5. The highest BCUT2D eigenvalue weighted by atomic mass is 35.5. The van der Waals surface area contributed by atoms with Crippen LogP contribution in [0.5, 0.6) is 0 Å². The Morgan fingerprint density at radius 3 is 2.24 bits per heavy atom. The zero-order valence-electron chi connectivity index (χ0n) is 28.8. The highest BCUT2D eigenvalue weighted by Gasteiger charge is 2.36. The monoisotopic (exact) mass is 712 g/mol. The van der Waals surface area contributed by atoms with Gasteiger partial charge in [0, 0.05) is 76.0 Å². The van der Waals surface area contributed by atoms with Crippen LogP contribution in [0.25, 0.3) is 0 Å². The van der Waals surface area contributed by atoms with Gasteiger partial charge >= 0.3 is 12.1 Å². The molecule has 266 valence electrons. The molecule has 0 spiro atoms. The number of carbonyl (C=O) groups is 3. The molecule has 0 aromatic heterocycles. The lowest BCUT2D eigenvalue weighted by Gasteiger charge is -2.44. The number of amides is 4. The van der Waals surface area contributed by atoms with Crippen LogP contribution >= 0.6 is 23.2 Å². The SMILES string of the molecule is CCC(C)N1CCC(N2CCN(C(=O)[C@@H](Cc3ccc(Cl)c(Cl)c3)OC(=O)N3CCC(N4CCc5ccccc5NC4=O)CC3)CC2)CC1. The van der Waals surface area contributed by atoms with Crippen LogP contribution in [-0.2, 0) is 22.4 Å². The van der Waals surface area contributed by atoms with Crippen LogP contribution in [0.3, 0.4) is 0 Å². The summed E-state index contributed by atoms with van der Waals surface area (Å²) in [6, 6.07) is 14.2. The number of carbonyl (C=O) groups excluding carboxylic acids is 3. The lowest BCUT2D eigenvalue weighted by atomic mass is 10.00. The van der Waals surface area contributed by atoms with Crippen LogP contribution in [0.1, 0.15) is 57.1 Å². The third-order valence-electron chi connectivity index (χ3n) is 11.1. The molecular weight excluding hydrogens is 663 g/mol. The number of para-hydroxylation sites is 1. The Balaban J connectivity index is 1.05. The number of fused-ring (bicyclic) bond motifs is 1. The van der Waals surface area contributed by atoms with E-state index in [2.05, 4.69) is 29.0 Å². The Morgan fingerprint density at radius 2 is 1.55 bits per heavy atom. The lowest BCUT2D eigenvalue weighted by molar-refractivity contribution is -0.143. The minimum atomic E-state index is -0.984. The fourth-order valence-electron chi connectivity index (χ4n) is 7.82. The van der Waals surface area contributed by atoms with E-state index in [1.54, 1.807) is 17.0 Å². The van der Waals surface area contributed by atoms with Crippen LogP contribution < -0.4 is 5.32 Å². The quantitative estimate of drug-likeness (QED) is 0.361. The number of anilines is 1. The summed E-state index contributed by atoms with van der Waals surface area (Å²) in [5, 5.41) is 3.88. The Kier molecular flexibility index (Phi) is 11.9. The molecule has 0 aliphatic carbocycles. The second kappa shape index (κ2) is 16.3. The van der Waals surface area contributed by atoms with Gasteiger partial charge in [0.05, 0.1) is 10.0 Å². The van der Waals surface area contributed by atoms with Gasteiger partial charge < -0.3 is 29.7 Å². The second-order valence-corrected chi connectivity index (χ2v) is 14.8. The average Bonchev–Trinajstić information content (AvgIpc) is 3.30. The summed E-state index contributed by atoms with van der Waals surface area (Å²) < 4.78 is 6.04. The van der Waals surface area contributed by atoms with Crippen LogP contribution in [-0.4, -0.2) is 126 Å². The smallest absolute Gasteiger partial charge is 0.410 e. The molecule has 10 nitrogen and oxygen atoms in total. The number of likely N-dealkylation sites (tertiary alicyclic amines) is 2. The van der Waals surface area contributed by atoms with Gasteiger partial charge in [-0.1, -0.05) is 54.4 Å². The highest BCUT2D eigenvalue weighted by molar-refractivity contribution is 6.42. The number of ether oxygens (including phenoxy) is 1. The summed E-state index contributed by atoms with van der Waals surface area (Å²) in [6.45, 7) is 11.2. The van der Waals surface area contributed by atoms with Gasteiger partial charge in [-0.3, -0.25) is 9.69 Å². The van der Waals surface area contributed by atoms with Crippen molar-refractivity contribution in [3.05, 3.63) is 63.6 Å². The number of hydrogen-bond donors (Lipinski definition) is 1. The van der Waals surface area contributed by atoms with Gasteiger partial charge in [0.25, 0.3) is 5.91 Å². The van der Waals surface area contributed by atoms with Gasteiger partial charge in [0.15, 0.2) is 6.10 Å². The first-order valence-corrected chi connectivity index (χ1v) is 18.8. The third-order valence-corrected chi connectivity index (χ3v) is 11.8. The fraction of sp³-hybridized carbons (Fsp3) is 0.595. The lowest BCUT2D eigenvalue weighted by Crippen LogP contribution is -2.57. The first kappa shape index (κ1) is 35.8. The first-order chi connectivity index (χ1) is 23.7. The number of piperidine rings is 2. The van der Waals surface area contributed by atoms with E-state index < -0.39 is 12.2 Å². The maximum Gasteiger partial charge on any atom is 0.410 e. The highest BCUT2D eigenvalue weighted by Crippen LogP contribution is 2.27. The van der Waals surface area contributed by atoms with Gasteiger partial charge in [-0.15, -0.1) is 0 Å². The van der Waals surface area contributed by atoms with E-state index >= 15 is 0 Å². The molecule has 12 heteroatoms. The number of benzene rings is 2. The van der Waals surface area contributed by atoms with Crippen LogP contribution in [0.2, 0.25) is 10.0 Å². The maximum atomic E-state index is 14.0. The molecule has 4 aliphatic heterocycles. The van der Waals surface area contributed by atoms with Crippen molar-refractivity contribution in [3.8, 4) is 0 Å². The van der Waals surface area contributed by atoms with Crippen molar-refractivity contribution in [2.24, 2.45) is 0 Å². The van der Waals surface area contributed by atoms with E-state index in [0.29, 0.717) is 67.7 Å². The molecule has 1 unspecified atom stereocenters. The number of hydrogen-bond acceptors (Lipinski definition) is 6. The molecule has 2 atom stereocenters. The minimum absolute atomic E-state index is 0.0191. The fourth-order valence-corrected chi connectivity index (χ4v) is 8.14. The van der Waals surface area contributed by atoms with Crippen LogP contribution in [0.4, 0.5) is 15.3 Å². The van der Waals surface area contributed by atoms with Crippen molar-refractivity contribution in [2.75, 3.05) is 64.2 Å². The zero-order valence-corrected chi connectivity index (χ0v) is 30.3. The van der Waals surface area contributed by atoms with E-state index in [1.165, 1.54) is 6.42 Å². The van der Waals surface area contributed by atoms with E-state index in [0.717, 1.165) is 62.3 Å². The molecule has 0 bridgehead atoms. The summed E-state index contributed by atoms with van der Waals surface area (Å²) in [4.78, 5) is 51.2. The molecule has 0 radical (unpaired) electrons. The molecule has 2 aromatic carbocycles. The number of rotatable bonds is 8. The number of urea groups is 1. The third kappa shape index (κ3) is 8.64. The number of nitrogens with zero attached hydrogens (tertiary/aromatic N) is 5. The summed E-state index contributed by atoms with van der Waals surface area (Å²) in [5.41, 5.74) is 2.76. The summed E-state index contributed by atoms with van der Waals surface area (Å²) in [7, 11) is 0. The number of halogens is 2. The predicted molar refractivity (Wildman–Crippen MR) is 193 cm³/mol. The van der Waals surface area contributed by atoms with Crippen LogP contribution in [0, 0.1) is 0 Å². The maximum absolute atomic E-state index is 14.0. The molecule has 6 rings (SSSR count). The normalized spacial score (nSPS) is 21.5. The zero-order chi connectivity index (χ0) is 34.5. The predicted octanol–water partition coefficient (Wildman–Crippen LogP) is 6.00. The molecule has 1 N–H and O–H groups in total. The van der Waals surface area contributed by atoms with Crippen LogP contribution in [0.15, 0.2) is 42.5 Å². The van der Waals surface area contributed by atoms with E-state index in [-0.39, 0.29) is 24.4 Å². The van der Waals surface area contributed by atoms with E-state index in [9.17, 15) is 14.4 Å². The molecule has 2 aromatic rings. The van der Waals surface area contributed by atoms with Gasteiger partial charge in [-0.2, -0.15) is 0 Å². The van der Waals surface area contributed by atoms with Gasteiger partial charge in [0.1, 0.15) is 0 Å². The number of nitrogens with one attached hydrogen (secondary N) is 1. The standard InChI is InChI=1S/C37H50Cl2N6O4/c1-3-26(2)41-15-11-29(12-16-41)42-20-22-43(23-21-42)35(46)34(25-27-8-9-31(38)32(39)24-27)49-37(48)44-17-13-30(14-18-44)45-19-10-28-6-4-5-7-33(28)40-36(45)47/h4-9,24,26,29-30,34H,3,10-23,25H2,1-2H3,(H,40,47)/t26?,34-/m1/s1. The summed E-state index contributed by atoms with van der Waals surface area (Å²) in [6.07, 6.45) is 4.27. The largest absolute Gasteiger partial charge is 0.436 e. The Hall–Kier alpha value is -3.05. The average molecular weight is 714 g/mol. The molecule has 4 heterocycles. The van der Waals surface area contributed by atoms with Gasteiger partial charge in [-0.25, -0.2) is 9.59 Å².